The highest BCUT2D eigenvalue weighted by Crippen LogP contribution is 2.22. The summed E-state index contributed by atoms with van der Waals surface area (Å²) >= 11 is 0. The Morgan fingerprint density at radius 1 is 1.09 bits per heavy atom. The molecule has 0 saturated carbocycles. The molecule has 1 aromatic heterocycles. The van der Waals surface area contributed by atoms with Crippen LogP contribution in [0.25, 0.3) is 10.9 Å². The van der Waals surface area contributed by atoms with Gasteiger partial charge in [-0.25, -0.2) is 9.97 Å². The van der Waals surface area contributed by atoms with Crippen LogP contribution >= 0.6 is 0 Å². The molecule has 3 heterocycles. The number of nitrogens with zero attached hydrogens (tertiary/aromatic N) is 3. The molecule has 0 spiro atoms. The standard InChI is InChI=1S/C25H29N5O2/c31-24(30-11-13-32-14-12-30)20-3-5-22(6-4-20)28-25-27-17-21-2-1-19(16-23(21)29-25)15-18-7-9-26-10-8-18/h1-6,16-18,26H,7-15H2,(H,27,28,29). The van der Waals surface area contributed by atoms with Gasteiger partial charge in [0.2, 0.25) is 5.95 Å². The molecule has 2 aromatic carbocycles. The Bertz CT molecular complexity index is 1070. The lowest BCUT2D eigenvalue weighted by molar-refractivity contribution is 0.0303. The van der Waals surface area contributed by atoms with E-state index in [1.54, 1.807) is 0 Å². The highest BCUT2D eigenvalue weighted by atomic mass is 16.5. The van der Waals surface area contributed by atoms with Crippen LogP contribution in [-0.4, -0.2) is 60.2 Å². The molecule has 2 aliphatic rings. The third-order valence-corrected chi connectivity index (χ3v) is 6.32. The van der Waals surface area contributed by atoms with E-state index in [1.807, 2.05) is 35.4 Å². The zero-order chi connectivity index (χ0) is 21.8. The van der Waals surface area contributed by atoms with Crippen LogP contribution in [0.3, 0.4) is 0 Å². The van der Waals surface area contributed by atoms with Gasteiger partial charge in [-0.05, 0) is 74.2 Å². The van der Waals surface area contributed by atoms with Gasteiger partial charge in [-0.3, -0.25) is 4.79 Å². The fraction of sp³-hybridized carbons (Fsp3) is 0.400. The molecule has 0 aliphatic carbocycles. The van der Waals surface area contributed by atoms with Crippen molar-refractivity contribution in [1.29, 1.82) is 0 Å². The van der Waals surface area contributed by atoms with Crippen LogP contribution in [0.15, 0.2) is 48.7 Å². The fourth-order valence-electron chi connectivity index (χ4n) is 4.45. The molecule has 2 N–H and O–H groups in total. The number of hydrogen-bond donors (Lipinski definition) is 2. The number of carbonyl (C=O) groups is 1. The Morgan fingerprint density at radius 3 is 2.66 bits per heavy atom. The SMILES string of the molecule is O=C(c1ccc(Nc2ncc3ccc(CC4CCNCC4)cc3n2)cc1)N1CCOCC1. The largest absolute Gasteiger partial charge is 0.378 e. The van der Waals surface area contributed by atoms with E-state index in [4.69, 9.17) is 9.72 Å². The first-order chi connectivity index (χ1) is 15.7. The quantitative estimate of drug-likeness (QED) is 0.645. The van der Waals surface area contributed by atoms with Crippen molar-refractivity contribution in [2.24, 2.45) is 5.92 Å². The third-order valence-electron chi connectivity index (χ3n) is 6.32. The van der Waals surface area contributed by atoms with E-state index in [-0.39, 0.29) is 5.91 Å². The second kappa shape index (κ2) is 9.63. The summed E-state index contributed by atoms with van der Waals surface area (Å²) in [5.41, 5.74) is 3.82. The van der Waals surface area contributed by atoms with Gasteiger partial charge in [0.1, 0.15) is 0 Å². The number of nitrogens with one attached hydrogen (secondary N) is 2. The highest BCUT2D eigenvalue weighted by Gasteiger charge is 2.18. The minimum atomic E-state index is 0.0445. The topological polar surface area (TPSA) is 79.4 Å². The molecular formula is C25H29N5O2. The van der Waals surface area contributed by atoms with Crippen molar-refractivity contribution < 1.29 is 9.53 Å². The van der Waals surface area contributed by atoms with Crippen molar-refractivity contribution in [2.75, 3.05) is 44.7 Å². The van der Waals surface area contributed by atoms with Gasteiger partial charge in [-0.2, -0.15) is 0 Å². The molecule has 1 amide bonds. The monoisotopic (exact) mass is 431 g/mol. The molecule has 0 unspecified atom stereocenters. The molecule has 2 saturated heterocycles. The predicted molar refractivity (Wildman–Crippen MR) is 125 cm³/mol. The molecule has 5 rings (SSSR count). The minimum absolute atomic E-state index is 0.0445. The fourth-order valence-corrected chi connectivity index (χ4v) is 4.45. The Labute approximate surface area is 188 Å². The first-order valence-corrected chi connectivity index (χ1v) is 11.5. The highest BCUT2D eigenvalue weighted by molar-refractivity contribution is 5.94. The molecule has 7 nitrogen and oxygen atoms in total. The molecule has 3 aromatic rings. The van der Waals surface area contributed by atoms with E-state index < -0.39 is 0 Å². The van der Waals surface area contributed by atoms with Crippen molar-refractivity contribution in [3.05, 3.63) is 59.8 Å². The van der Waals surface area contributed by atoms with Gasteiger partial charge >= 0.3 is 0 Å². The number of amides is 1. The lowest BCUT2D eigenvalue weighted by Gasteiger charge is -2.26. The lowest BCUT2D eigenvalue weighted by Crippen LogP contribution is -2.40. The maximum atomic E-state index is 12.6. The van der Waals surface area contributed by atoms with Crippen LogP contribution < -0.4 is 10.6 Å². The Morgan fingerprint density at radius 2 is 1.88 bits per heavy atom. The van der Waals surface area contributed by atoms with Gasteiger partial charge < -0.3 is 20.3 Å². The molecular weight excluding hydrogens is 402 g/mol. The number of rotatable bonds is 5. The van der Waals surface area contributed by atoms with Gasteiger partial charge in [-0.15, -0.1) is 0 Å². The summed E-state index contributed by atoms with van der Waals surface area (Å²) in [5, 5.41) is 7.74. The summed E-state index contributed by atoms with van der Waals surface area (Å²) in [7, 11) is 0. The van der Waals surface area contributed by atoms with Crippen LogP contribution in [0, 0.1) is 5.92 Å². The van der Waals surface area contributed by atoms with Gasteiger partial charge in [0.25, 0.3) is 5.91 Å². The second-order valence-electron chi connectivity index (χ2n) is 8.59. The van der Waals surface area contributed by atoms with Gasteiger partial charge in [0.05, 0.1) is 18.7 Å². The van der Waals surface area contributed by atoms with Crippen molar-refractivity contribution in [3.63, 3.8) is 0 Å². The zero-order valence-corrected chi connectivity index (χ0v) is 18.2. The molecule has 166 valence electrons. The maximum Gasteiger partial charge on any atom is 0.254 e. The first kappa shape index (κ1) is 20.8. The van der Waals surface area contributed by atoms with E-state index in [1.165, 1.54) is 18.4 Å². The summed E-state index contributed by atoms with van der Waals surface area (Å²) in [6.45, 7) is 4.72. The summed E-state index contributed by atoms with van der Waals surface area (Å²) in [5.74, 6) is 1.35. The molecule has 0 atom stereocenters. The van der Waals surface area contributed by atoms with Crippen molar-refractivity contribution >= 4 is 28.4 Å². The molecule has 0 radical (unpaired) electrons. The number of carbonyl (C=O) groups excluding carboxylic acids is 1. The Hall–Kier alpha value is -3.03. The third kappa shape index (κ3) is 4.89. The van der Waals surface area contributed by atoms with Crippen LogP contribution in [0.5, 0.6) is 0 Å². The average Bonchev–Trinajstić information content (AvgIpc) is 2.85. The normalized spacial score (nSPS) is 17.4. The summed E-state index contributed by atoms with van der Waals surface area (Å²) in [6, 6.07) is 14.0. The van der Waals surface area contributed by atoms with E-state index in [0.29, 0.717) is 37.8 Å². The van der Waals surface area contributed by atoms with Crippen LogP contribution in [0.4, 0.5) is 11.6 Å². The van der Waals surface area contributed by atoms with Crippen LogP contribution in [0.2, 0.25) is 0 Å². The van der Waals surface area contributed by atoms with E-state index >= 15 is 0 Å². The van der Waals surface area contributed by atoms with Crippen molar-refractivity contribution in [2.45, 2.75) is 19.3 Å². The lowest BCUT2D eigenvalue weighted by atomic mass is 9.91. The van der Waals surface area contributed by atoms with Crippen molar-refractivity contribution in [1.82, 2.24) is 20.2 Å². The first-order valence-electron chi connectivity index (χ1n) is 11.5. The zero-order valence-electron chi connectivity index (χ0n) is 18.2. The van der Waals surface area contributed by atoms with Crippen LogP contribution in [0.1, 0.15) is 28.8 Å². The number of morpholine rings is 1. The number of fused-ring (bicyclic) bond motifs is 1. The van der Waals surface area contributed by atoms with Gasteiger partial charge in [0.15, 0.2) is 0 Å². The number of aromatic nitrogens is 2. The number of anilines is 2. The Balaban J connectivity index is 1.27. The molecule has 2 fully saturated rings. The molecule has 2 aliphatic heterocycles. The van der Waals surface area contributed by atoms with Gasteiger partial charge in [0, 0.05) is 35.9 Å². The summed E-state index contributed by atoms with van der Waals surface area (Å²) in [6.07, 6.45) is 5.43. The van der Waals surface area contributed by atoms with E-state index in [9.17, 15) is 4.79 Å². The number of benzene rings is 2. The summed E-state index contributed by atoms with van der Waals surface area (Å²) in [4.78, 5) is 23.6. The minimum Gasteiger partial charge on any atom is -0.378 e. The van der Waals surface area contributed by atoms with Crippen LogP contribution in [-0.2, 0) is 11.2 Å². The smallest absolute Gasteiger partial charge is 0.254 e. The second-order valence-corrected chi connectivity index (χ2v) is 8.59. The number of hydrogen-bond acceptors (Lipinski definition) is 6. The molecule has 32 heavy (non-hydrogen) atoms. The molecule has 7 heteroatoms. The predicted octanol–water partition coefficient (Wildman–Crippen LogP) is 3.39. The van der Waals surface area contributed by atoms with Crippen molar-refractivity contribution in [3.8, 4) is 0 Å². The molecule has 0 bridgehead atoms. The summed E-state index contributed by atoms with van der Waals surface area (Å²) < 4.78 is 5.33. The maximum absolute atomic E-state index is 12.6. The Kier molecular flexibility index (Phi) is 6.27. The number of piperidine rings is 1. The number of ether oxygens (including phenoxy) is 1. The van der Waals surface area contributed by atoms with E-state index in [2.05, 4.69) is 33.8 Å². The average molecular weight is 432 g/mol. The van der Waals surface area contributed by atoms with E-state index in [0.717, 1.165) is 42.0 Å². The van der Waals surface area contributed by atoms with Gasteiger partial charge in [-0.1, -0.05) is 12.1 Å².